The maximum atomic E-state index is 10.9. The summed E-state index contributed by atoms with van der Waals surface area (Å²) >= 11 is 6.05. The molecule has 0 bridgehead atoms. The Balaban J connectivity index is 2.12. The van der Waals surface area contributed by atoms with E-state index in [1.807, 2.05) is 18.2 Å². The van der Waals surface area contributed by atoms with Crippen LogP contribution >= 0.6 is 11.6 Å². The van der Waals surface area contributed by atoms with Gasteiger partial charge in [0.2, 0.25) is 0 Å². The molecule has 1 N–H and O–H groups in total. The van der Waals surface area contributed by atoms with E-state index in [1.54, 1.807) is 7.11 Å². The van der Waals surface area contributed by atoms with E-state index >= 15 is 0 Å². The van der Waals surface area contributed by atoms with Gasteiger partial charge in [-0.15, -0.1) is 0 Å². The summed E-state index contributed by atoms with van der Waals surface area (Å²) in [6.45, 7) is 5.98. The van der Waals surface area contributed by atoms with E-state index in [-0.39, 0.29) is 18.1 Å². The molecule has 0 aliphatic carbocycles. The monoisotopic (exact) mass is 327 g/mol. The molecule has 1 unspecified atom stereocenters. The van der Waals surface area contributed by atoms with Crippen molar-refractivity contribution in [2.45, 2.75) is 38.5 Å². The van der Waals surface area contributed by atoms with Gasteiger partial charge in [-0.25, -0.2) is 0 Å². The number of carboxylic acid groups (broad SMARTS) is 1. The summed E-state index contributed by atoms with van der Waals surface area (Å²) in [7, 11) is 1.59. The van der Waals surface area contributed by atoms with Crippen molar-refractivity contribution in [3.63, 3.8) is 0 Å². The van der Waals surface area contributed by atoms with Gasteiger partial charge in [0.1, 0.15) is 5.75 Å². The Morgan fingerprint density at radius 2 is 2.27 bits per heavy atom. The number of rotatable bonds is 5. The molecule has 2 rings (SSSR count). The van der Waals surface area contributed by atoms with Crippen LogP contribution in [0.25, 0.3) is 0 Å². The predicted octanol–water partition coefficient (Wildman–Crippen LogP) is 2.80. The third-order valence-corrected chi connectivity index (χ3v) is 4.26. The van der Waals surface area contributed by atoms with Crippen molar-refractivity contribution in [2.75, 3.05) is 20.3 Å². The molecular formula is C16H22ClNO4. The van der Waals surface area contributed by atoms with Crippen molar-refractivity contribution in [2.24, 2.45) is 0 Å². The lowest BCUT2D eigenvalue weighted by Gasteiger charge is -2.45. The maximum Gasteiger partial charge on any atom is 0.306 e. The van der Waals surface area contributed by atoms with Gasteiger partial charge in [-0.3, -0.25) is 9.69 Å². The lowest BCUT2D eigenvalue weighted by molar-refractivity contribution is -0.147. The first-order valence-electron chi connectivity index (χ1n) is 7.22. The van der Waals surface area contributed by atoms with E-state index in [2.05, 4.69) is 18.7 Å². The molecule has 1 aliphatic rings. The quantitative estimate of drug-likeness (QED) is 0.901. The molecule has 1 aromatic rings. The van der Waals surface area contributed by atoms with Crippen LogP contribution in [-0.4, -0.2) is 47.9 Å². The first-order valence-corrected chi connectivity index (χ1v) is 7.60. The number of halogens is 1. The van der Waals surface area contributed by atoms with Crippen molar-refractivity contribution < 1.29 is 19.4 Å². The summed E-state index contributed by atoms with van der Waals surface area (Å²) in [6.07, 6.45) is -0.254. The van der Waals surface area contributed by atoms with Gasteiger partial charge in [0.15, 0.2) is 0 Å². The fourth-order valence-electron chi connectivity index (χ4n) is 2.58. The number of aliphatic carboxylic acids is 1. The summed E-state index contributed by atoms with van der Waals surface area (Å²) in [5, 5.41) is 9.52. The van der Waals surface area contributed by atoms with Gasteiger partial charge in [-0.2, -0.15) is 0 Å². The molecule has 1 saturated heterocycles. The lowest BCUT2D eigenvalue weighted by atomic mass is 9.98. The highest BCUT2D eigenvalue weighted by Crippen LogP contribution is 2.29. The zero-order chi connectivity index (χ0) is 16.3. The molecule has 22 heavy (non-hydrogen) atoms. The molecule has 1 aromatic carbocycles. The Hall–Kier alpha value is -1.30. The first kappa shape index (κ1) is 17.1. The number of carboxylic acids is 1. The Kier molecular flexibility index (Phi) is 5.32. The molecule has 122 valence electrons. The van der Waals surface area contributed by atoms with E-state index in [0.29, 0.717) is 30.5 Å². The predicted molar refractivity (Wildman–Crippen MR) is 84.5 cm³/mol. The number of hydrogen-bond acceptors (Lipinski definition) is 4. The lowest BCUT2D eigenvalue weighted by Crippen LogP contribution is -2.55. The average Bonchev–Trinajstić information content (AvgIpc) is 2.44. The van der Waals surface area contributed by atoms with Crippen LogP contribution < -0.4 is 4.74 Å². The summed E-state index contributed by atoms with van der Waals surface area (Å²) in [6, 6.07) is 5.70. The van der Waals surface area contributed by atoms with E-state index in [4.69, 9.17) is 26.2 Å². The van der Waals surface area contributed by atoms with E-state index < -0.39 is 5.97 Å². The zero-order valence-corrected chi connectivity index (χ0v) is 13.9. The highest BCUT2D eigenvalue weighted by molar-refractivity contribution is 6.32. The number of benzene rings is 1. The first-order chi connectivity index (χ1) is 10.3. The Morgan fingerprint density at radius 3 is 2.91 bits per heavy atom. The summed E-state index contributed by atoms with van der Waals surface area (Å²) in [5.41, 5.74) is 0.923. The summed E-state index contributed by atoms with van der Waals surface area (Å²) in [5.74, 6) is -0.190. The summed E-state index contributed by atoms with van der Waals surface area (Å²) in [4.78, 5) is 13.1. The fraction of sp³-hybridized carbons (Fsp3) is 0.562. The normalized spacial score (nSPS) is 21.5. The SMILES string of the molecule is COc1cc(CN2CC(CC(=O)O)OCC2(C)C)ccc1Cl. The van der Waals surface area contributed by atoms with Crippen LogP contribution in [0.1, 0.15) is 25.8 Å². The van der Waals surface area contributed by atoms with Crippen LogP contribution in [0.4, 0.5) is 0 Å². The molecule has 0 saturated carbocycles. The van der Waals surface area contributed by atoms with Crippen molar-refractivity contribution in [3.05, 3.63) is 28.8 Å². The highest BCUT2D eigenvalue weighted by Gasteiger charge is 2.35. The van der Waals surface area contributed by atoms with Crippen molar-refractivity contribution in [1.29, 1.82) is 0 Å². The van der Waals surface area contributed by atoms with Crippen molar-refractivity contribution >= 4 is 17.6 Å². The second kappa shape index (κ2) is 6.86. The number of nitrogens with zero attached hydrogens (tertiary/aromatic N) is 1. The molecular weight excluding hydrogens is 306 g/mol. The number of methoxy groups -OCH3 is 1. The van der Waals surface area contributed by atoms with E-state index in [0.717, 1.165) is 5.56 Å². The van der Waals surface area contributed by atoms with Crippen LogP contribution in [0.2, 0.25) is 5.02 Å². The second-order valence-electron chi connectivity index (χ2n) is 6.19. The fourth-order valence-corrected chi connectivity index (χ4v) is 2.77. The molecule has 5 nitrogen and oxygen atoms in total. The molecule has 0 radical (unpaired) electrons. The van der Waals surface area contributed by atoms with Crippen LogP contribution in [0, 0.1) is 0 Å². The molecule has 1 heterocycles. The molecule has 0 amide bonds. The van der Waals surface area contributed by atoms with Crippen LogP contribution in [0.15, 0.2) is 18.2 Å². The van der Waals surface area contributed by atoms with Gasteiger partial charge < -0.3 is 14.6 Å². The molecule has 1 aliphatic heterocycles. The molecule has 6 heteroatoms. The average molecular weight is 328 g/mol. The Labute approximate surface area is 135 Å². The van der Waals surface area contributed by atoms with Crippen LogP contribution in [0.5, 0.6) is 5.75 Å². The minimum atomic E-state index is -0.835. The van der Waals surface area contributed by atoms with Crippen LogP contribution in [-0.2, 0) is 16.1 Å². The molecule has 0 spiro atoms. The van der Waals surface area contributed by atoms with Gasteiger partial charge >= 0.3 is 5.97 Å². The summed E-state index contributed by atoms with van der Waals surface area (Å²) < 4.78 is 10.9. The van der Waals surface area contributed by atoms with Gasteiger partial charge in [0.25, 0.3) is 0 Å². The highest BCUT2D eigenvalue weighted by atomic mass is 35.5. The van der Waals surface area contributed by atoms with E-state index in [1.165, 1.54) is 0 Å². The molecule has 0 aromatic heterocycles. The number of morpholine rings is 1. The second-order valence-corrected chi connectivity index (χ2v) is 6.60. The van der Waals surface area contributed by atoms with E-state index in [9.17, 15) is 4.79 Å². The standard InChI is InChI=1S/C16H22ClNO4/c1-16(2)10-22-12(7-15(19)20)9-18(16)8-11-4-5-13(17)14(6-11)21-3/h4-6,12H,7-10H2,1-3H3,(H,19,20). The maximum absolute atomic E-state index is 10.9. The van der Waals surface area contributed by atoms with Crippen LogP contribution in [0.3, 0.4) is 0 Å². The van der Waals surface area contributed by atoms with Gasteiger partial charge in [-0.05, 0) is 31.5 Å². The van der Waals surface area contributed by atoms with Gasteiger partial charge in [0.05, 0.1) is 31.3 Å². The Morgan fingerprint density at radius 1 is 1.55 bits per heavy atom. The molecule has 1 fully saturated rings. The number of ether oxygens (including phenoxy) is 2. The minimum Gasteiger partial charge on any atom is -0.495 e. The topological polar surface area (TPSA) is 59.0 Å². The number of hydrogen-bond donors (Lipinski definition) is 1. The largest absolute Gasteiger partial charge is 0.495 e. The van der Waals surface area contributed by atoms with Crippen molar-refractivity contribution in [3.8, 4) is 5.75 Å². The Bertz CT molecular complexity index is 547. The van der Waals surface area contributed by atoms with Gasteiger partial charge in [-0.1, -0.05) is 17.7 Å². The van der Waals surface area contributed by atoms with Gasteiger partial charge in [0, 0.05) is 18.6 Å². The third kappa shape index (κ3) is 4.12. The zero-order valence-electron chi connectivity index (χ0n) is 13.1. The molecule has 1 atom stereocenters. The van der Waals surface area contributed by atoms with Crippen molar-refractivity contribution in [1.82, 2.24) is 4.90 Å². The minimum absolute atomic E-state index is 0.0243. The number of carbonyl (C=O) groups is 1. The smallest absolute Gasteiger partial charge is 0.306 e. The third-order valence-electron chi connectivity index (χ3n) is 3.94.